The minimum atomic E-state index is -0.183. The van der Waals surface area contributed by atoms with Crippen molar-refractivity contribution >= 4 is 11.8 Å². The van der Waals surface area contributed by atoms with Gasteiger partial charge in [-0.2, -0.15) is 0 Å². The Labute approximate surface area is 173 Å². The molecular formula is C26H29NS. The summed E-state index contributed by atoms with van der Waals surface area (Å²) in [6.45, 7) is 2.40. The SMILES string of the molecule is CN1CCCC(SC(c2ccccc2)(c2ccccc2)c2ccccc2)CC1. The monoisotopic (exact) mass is 387 g/mol. The minimum absolute atomic E-state index is 0.183. The van der Waals surface area contributed by atoms with Crippen molar-refractivity contribution in [2.75, 3.05) is 20.1 Å². The molecular weight excluding hydrogens is 358 g/mol. The zero-order valence-electron chi connectivity index (χ0n) is 16.6. The van der Waals surface area contributed by atoms with Crippen molar-refractivity contribution in [2.45, 2.75) is 29.3 Å². The molecule has 0 spiro atoms. The molecule has 1 atom stereocenters. The molecule has 0 radical (unpaired) electrons. The second kappa shape index (κ2) is 8.98. The van der Waals surface area contributed by atoms with Crippen LogP contribution >= 0.6 is 11.8 Å². The van der Waals surface area contributed by atoms with Crippen LogP contribution in [-0.2, 0) is 4.75 Å². The first kappa shape index (κ1) is 19.3. The summed E-state index contributed by atoms with van der Waals surface area (Å²) in [5, 5.41) is 0.644. The summed E-state index contributed by atoms with van der Waals surface area (Å²) >= 11 is 2.16. The van der Waals surface area contributed by atoms with E-state index >= 15 is 0 Å². The molecule has 0 bridgehead atoms. The Morgan fingerprint density at radius 1 is 0.679 bits per heavy atom. The minimum Gasteiger partial charge on any atom is -0.306 e. The van der Waals surface area contributed by atoms with Gasteiger partial charge in [0.1, 0.15) is 0 Å². The Kier molecular flexibility index (Phi) is 6.19. The molecule has 3 aromatic carbocycles. The van der Waals surface area contributed by atoms with Crippen LogP contribution in [0.25, 0.3) is 0 Å². The van der Waals surface area contributed by atoms with Gasteiger partial charge in [-0.1, -0.05) is 91.0 Å². The maximum absolute atomic E-state index is 2.48. The molecule has 1 fully saturated rings. The molecule has 1 nitrogen and oxygen atoms in total. The van der Waals surface area contributed by atoms with Crippen LogP contribution in [0.4, 0.5) is 0 Å². The zero-order chi connectivity index (χ0) is 19.2. The van der Waals surface area contributed by atoms with Gasteiger partial charge in [-0.25, -0.2) is 0 Å². The number of likely N-dealkylation sites (tertiary alicyclic amines) is 1. The lowest BCUT2D eigenvalue weighted by molar-refractivity contribution is 0.349. The van der Waals surface area contributed by atoms with Crippen LogP contribution in [0.3, 0.4) is 0 Å². The van der Waals surface area contributed by atoms with Crippen molar-refractivity contribution in [3.8, 4) is 0 Å². The molecule has 0 saturated carbocycles. The van der Waals surface area contributed by atoms with E-state index in [1.165, 1.54) is 49.0 Å². The first-order valence-electron chi connectivity index (χ1n) is 10.3. The average molecular weight is 388 g/mol. The maximum atomic E-state index is 2.48. The maximum Gasteiger partial charge on any atom is 0.0909 e. The van der Waals surface area contributed by atoms with Gasteiger partial charge < -0.3 is 4.90 Å². The number of hydrogen-bond donors (Lipinski definition) is 0. The fraction of sp³-hybridized carbons (Fsp3) is 0.308. The molecule has 3 aromatic rings. The summed E-state index contributed by atoms with van der Waals surface area (Å²) < 4.78 is -0.183. The highest BCUT2D eigenvalue weighted by Gasteiger charge is 2.39. The molecule has 1 unspecified atom stereocenters. The van der Waals surface area contributed by atoms with E-state index in [9.17, 15) is 0 Å². The third-order valence-corrected chi connectivity index (χ3v) is 7.65. The first-order chi connectivity index (χ1) is 13.8. The number of benzene rings is 3. The molecule has 0 N–H and O–H groups in total. The van der Waals surface area contributed by atoms with Crippen molar-refractivity contribution in [3.05, 3.63) is 108 Å². The highest BCUT2D eigenvalue weighted by Crippen LogP contribution is 2.51. The summed E-state index contributed by atoms with van der Waals surface area (Å²) in [5.41, 5.74) is 4.11. The third kappa shape index (κ3) is 4.04. The van der Waals surface area contributed by atoms with Gasteiger partial charge in [0.2, 0.25) is 0 Å². The van der Waals surface area contributed by atoms with Gasteiger partial charge in [0.25, 0.3) is 0 Å². The van der Waals surface area contributed by atoms with Crippen LogP contribution in [0.5, 0.6) is 0 Å². The van der Waals surface area contributed by atoms with Gasteiger partial charge in [-0.3, -0.25) is 0 Å². The van der Waals surface area contributed by atoms with Crippen LogP contribution in [-0.4, -0.2) is 30.3 Å². The van der Waals surface area contributed by atoms with Crippen molar-refractivity contribution < 1.29 is 0 Å². The van der Waals surface area contributed by atoms with Gasteiger partial charge in [-0.15, -0.1) is 11.8 Å². The van der Waals surface area contributed by atoms with E-state index in [1.54, 1.807) is 0 Å². The lowest BCUT2D eigenvalue weighted by Gasteiger charge is -2.38. The van der Waals surface area contributed by atoms with Gasteiger partial charge in [0.05, 0.1) is 4.75 Å². The predicted octanol–water partition coefficient (Wildman–Crippen LogP) is 6.20. The molecule has 144 valence electrons. The summed E-state index contributed by atoms with van der Waals surface area (Å²) in [6, 6.07) is 33.2. The summed E-state index contributed by atoms with van der Waals surface area (Å²) in [4.78, 5) is 2.48. The molecule has 1 aliphatic heterocycles. The van der Waals surface area contributed by atoms with Crippen LogP contribution < -0.4 is 0 Å². The quantitative estimate of drug-likeness (QED) is 0.480. The van der Waals surface area contributed by atoms with Crippen molar-refractivity contribution in [1.29, 1.82) is 0 Å². The summed E-state index contributed by atoms with van der Waals surface area (Å²) in [7, 11) is 2.26. The highest BCUT2D eigenvalue weighted by atomic mass is 32.2. The lowest BCUT2D eigenvalue weighted by Crippen LogP contribution is -2.29. The van der Waals surface area contributed by atoms with E-state index in [0.29, 0.717) is 5.25 Å². The second-order valence-electron chi connectivity index (χ2n) is 7.75. The molecule has 28 heavy (non-hydrogen) atoms. The smallest absolute Gasteiger partial charge is 0.0909 e. The molecule has 0 aliphatic carbocycles. The lowest BCUT2D eigenvalue weighted by atomic mass is 9.84. The fourth-order valence-electron chi connectivity index (χ4n) is 4.30. The van der Waals surface area contributed by atoms with E-state index in [0.717, 1.165) is 0 Å². The number of thioether (sulfide) groups is 1. The van der Waals surface area contributed by atoms with Gasteiger partial charge in [0.15, 0.2) is 0 Å². The Morgan fingerprint density at radius 3 is 1.61 bits per heavy atom. The Balaban J connectivity index is 1.86. The Morgan fingerprint density at radius 2 is 1.14 bits per heavy atom. The molecule has 1 saturated heterocycles. The standard InChI is InChI=1S/C26H29NS/c1-27-20-11-18-25(19-21-27)28-26(22-12-5-2-6-13-22,23-14-7-3-8-15-23)24-16-9-4-10-17-24/h2-10,12-17,25H,11,18-21H2,1H3. The van der Waals surface area contributed by atoms with E-state index < -0.39 is 0 Å². The zero-order valence-corrected chi connectivity index (χ0v) is 17.4. The van der Waals surface area contributed by atoms with Gasteiger partial charge in [0, 0.05) is 5.25 Å². The van der Waals surface area contributed by atoms with Crippen molar-refractivity contribution in [3.63, 3.8) is 0 Å². The van der Waals surface area contributed by atoms with Gasteiger partial charge >= 0.3 is 0 Å². The van der Waals surface area contributed by atoms with E-state index in [-0.39, 0.29) is 4.75 Å². The van der Waals surface area contributed by atoms with Gasteiger partial charge in [-0.05, 0) is 56.1 Å². The second-order valence-corrected chi connectivity index (χ2v) is 9.27. The topological polar surface area (TPSA) is 3.24 Å². The molecule has 0 amide bonds. The fourth-order valence-corrected chi connectivity index (χ4v) is 6.12. The normalized spacial score (nSPS) is 18.5. The largest absolute Gasteiger partial charge is 0.306 e. The van der Waals surface area contributed by atoms with Crippen molar-refractivity contribution in [1.82, 2.24) is 4.90 Å². The molecule has 4 rings (SSSR count). The average Bonchev–Trinajstić information content (AvgIpc) is 2.98. The number of nitrogens with zero attached hydrogens (tertiary/aromatic N) is 1. The summed E-state index contributed by atoms with van der Waals surface area (Å²) in [5.74, 6) is 0. The van der Waals surface area contributed by atoms with Crippen molar-refractivity contribution in [2.24, 2.45) is 0 Å². The van der Waals surface area contributed by atoms with Crippen LogP contribution in [0.2, 0.25) is 0 Å². The van der Waals surface area contributed by atoms with E-state index in [4.69, 9.17) is 0 Å². The molecule has 1 heterocycles. The number of hydrogen-bond acceptors (Lipinski definition) is 2. The third-order valence-electron chi connectivity index (χ3n) is 5.78. The molecule has 1 aliphatic rings. The van der Waals surface area contributed by atoms with E-state index in [2.05, 4.69) is 115 Å². The molecule has 0 aromatic heterocycles. The Bertz CT molecular complexity index is 751. The number of rotatable bonds is 5. The van der Waals surface area contributed by atoms with E-state index in [1.807, 2.05) is 0 Å². The Hall–Kier alpha value is -2.03. The van der Waals surface area contributed by atoms with Crippen LogP contribution in [0, 0.1) is 0 Å². The first-order valence-corrected chi connectivity index (χ1v) is 11.2. The van der Waals surface area contributed by atoms with Crippen LogP contribution in [0.15, 0.2) is 91.0 Å². The summed E-state index contributed by atoms with van der Waals surface area (Å²) in [6.07, 6.45) is 3.81. The van der Waals surface area contributed by atoms with Crippen LogP contribution in [0.1, 0.15) is 36.0 Å². The predicted molar refractivity (Wildman–Crippen MR) is 122 cm³/mol. The molecule has 2 heteroatoms. The highest BCUT2D eigenvalue weighted by molar-refractivity contribution is 8.01.